The van der Waals surface area contributed by atoms with E-state index in [1.165, 1.54) is 24.3 Å². The molecule has 0 heterocycles. The Kier molecular flexibility index (Phi) is 7.19. The number of hydrogen-bond acceptors (Lipinski definition) is 6. The molecule has 0 radical (unpaired) electrons. The molecule has 2 unspecified atom stereocenters. The minimum atomic E-state index is -2.05. The van der Waals surface area contributed by atoms with Crippen LogP contribution in [0.25, 0.3) is 0 Å². The second kappa shape index (κ2) is 10.0. The van der Waals surface area contributed by atoms with Gasteiger partial charge in [-0.05, 0) is 48.5 Å². The lowest BCUT2D eigenvalue weighted by molar-refractivity contribution is 0.563. The highest BCUT2D eigenvalue weighted by Crippen LogP contribution is 2.25. The molecule has 0 aliphatic carbocycles. The Bertz CT molecular complexity index is 988. The van der Waals surface area contributed by atoms with E-state index >= 15 is 0 Å². The van der Waals surface area contributed by atoms with Gasteiger partial charge in [-0.25, -0.2) is 8.42 Å². The highest BCUT2D eigenvalue weighted by atomic mass is 32.2. The first kappa shape index (κ1) is 20.8. The van der Waals surface area contributed by atoms with Crippen molar-refractivity contribution in [2.75, 3.05) is 0 Å². The maximum Gasteiger partial charge on any atom is 0.206 e. The van der Waals surface area contributed by atoms with Crippen LogP contribution in [-0.4, -0.2) is 17.5 Å². The van der Waals surface area contributed by atoms with Crippen molar-refractivity contribution in [2.24, 2.45) is 20.5 Å². The Labute approximate surface area is 172 Å². The van der Waals surface area contributed by atoms with Gasteiger partial charge in [0.2, 0.25) is 6.17 Å². The minimum absolute atomic E-state index is 0.274. The van der Waals surface area contributed by atoms with E-state index in [1.807, 2.05) is 30.3 Å². The fourth-order valence-corrected chi connectivity index (χ4v) is 3.02. The molecule has 0 aromatic heterocycles. The molecular formula is C19H16N4O4S2. The number of nitrogens with zero attached hydrogens (tertiary/aromatic N) is 4. The maximum absolute atomic E-state index is 11.0. The molecule has 0 saturated carbocycles. The van der Waals surface area contributed by atoms with Gasteiger partial charge in [0.25, 0.3) is 0 Å². The highest BCUT2D eigenvalue weighted by molar-refractivity contribution is 7.79. The standard InChI is InChI=1S/C19H16N4O4S2/c24-28(25)17-10-6-15(7-11-17)20-22-19(14-4-2-1-3-5-14)23-21-16-8-12-18(13-9-16)29(26)27/h1-13,19H,(H,24,25)(H,26,27). The Morgan fingerprint density at radius 1 is 0.621 bits per heavy atom. The van der Waals surface area contributed by atoms with E-state index in [-0.39, 0.29) is 9.79 Å². The third kappa shape index (κ3) is 6.03. The summed E-state index contributed by atoms with van der Waals surface area (Å²) in [5.74, 6) is 0. The molecule has 0 amide bonds. The number of benzene rings is 3. The van der Waals surface area contributed by atoms with E-state index < -0.39 is 28.3 Å². The van der Waals surface area contributed by atoms with Crippen LogP contribution in [0.2, 0.25) is 0 Å². The molecule has 148 valence electrons. The number of hydrogen-bond donors (Lipinski definition) is 2. The zero-order valence-electron chi connectivity index (χ0n) is 14.9. The Morgan fingerprint density at radius 2 is 1.03 bits per heavy atom. The largest absolute Gasteiger partial charge is 0.302 e. The van der Waals surface area contributed by atoms with E-state index in [0.717, 1.165) is 5.56 Å². The van der Waals surface area contributed by atoms with Gasteiger partial charge in [-0.1, -0.05) is 30.3 Å². The summed E-state index contributed by atoms with van der Waals surface area (Å²) in [4.78, 5) is 0.547. The van der Waals surface area contributed by atoms with Crippen molar-refractivity contribution in [3.05, 3.63) is 84.4 Å². The fraction of sp³-hybridized carbons (Fsp3) is 0.0526. The Hall–Kier alpha value is -2.92. The van der Waals surface area contributed by atoms with Gasteiger partial charge < -0.3 is 9.11 Å². The molecule has 10 heteroatoms. The second-order valence-electron chi connectivity index (χ2n) is 5.70. The van der Waals surface area contributed by atoms with Crippen LogP contribution in [0.4, 0.5) is 11.4 Å². The smallest absolute Gasteiger partial charge is 0.206 e. The van der Waals surface area contributed by atoms with E-state index in [9.17, 15) is 8.42 Å². The molecule has 0 bridgehead atoms. The van der Waals surface area contributed by atoms with Crippen molar-refractivity contribution in [2.45, 2.75) is 16.0 Å². The van der Waals surface area contributed by atoms with Crippen molar-refractivity contribution >= 4 is 33.5 Å². The molecule has 3 rings (SSSR count). The van der Waals surface area contributed by atoms with E-state index in [2.05, 4.69) is 20.5 Å². The van der Waals surface area contributed by atoms with Crippen molar-refractivity contribution in [3.63, 3.8) is 0 Å². The molecule has 2 N–H and O–H groups in total. The topological polar surface area (TPSA) is 124 Å². The van der Waals surface area contributed by atoms with E-state index in [0.29, 0.717) is 11.4 Å². The van der Waals surface area contributed by atoms with Crippen molar-refractivity contribution in [1.82, 2.24) is 0 Å². The molecule has 3 aromatic rings. The monoisotopic (exact) mass is 428 g/mol. The average molecular weight is 428 g/mol. The molecule has 0 fully saturated rings. The lowest BCUT2D eigenvalue weighted by Crippen LogP contribution is -1.90. The summed E-state index contributed by atoms with van der Waals surface area (Å²) in [6, 6.07) is 21.6. The first-order chi connectivity index (χ1) is 14.0. The van der Waals surface area contributed by atoms with Crippen LogP contribution >= 0.6 is 0 Å². The second-order valence-corrected chi connectivity index (χ2v) is 7.64. The summed E-state index contributed by atoms with van der Waals surface area (Å²) in [5.41, 5.74) is 1.79. The van der Waals surface area contributed by atoms with Crippen LogP contribution in [-0.2, 0) is 22.2 Å². The van der Waals surface area contributed by atoms with Gasteiger partial charge in [-0.2, -0.15) is 20.5 Å². The summed E-state index contributed by atoms with van der Waals surface area (Å²) in [6.45, 7) is 0. The van der Waals surface area contributed by atoms with Crippen molar-refractivity contribution < 1.29 is 17.5 Å². The van der Waals surface area contributed by atoms with Gasteiger partial charge in [0.15, 0.2) is 22.2 Å². The Balaban J connectivity index is 1.83. The molecule has 3 aromatic carbocycles. The summed E-state index contributed by atoms with van der Waals surface area (Å²) < 4.78 is 40.2. The van der Waals surface area contributed by atoms with Crippen molar-refractivity contribution in [1.29, 1.82) is 0 Å². The van der Waals surface area contributed by atoms with Crippen LogP contribution in [0, 0.1) is 0 Å². The van der Waals surface area contributed by atoms with Crippen LogP contribution in [0.1, 0.15) is 11.7 Å². The molecule has 29 heavy (non-hydrogen) atoms. The quantitative estimate of drug-likeness (QED) is 0.385. The lowest BCUT2D eigenvalue weighted by atomic mass is 10.2. The number of azo groups is 2. The van der Waals surface area contributed by atoms with Gasteiger partial charge in [0, 0.05) is 5.56 Å². The zero-order chi connectivity index (χ0) is 20.6. The molecular weight excluding hydrogens is 412 g/mol. The maximum atomic E-state index is 11.0. The third-order valence-corrected chi connectivity index (χ3v) is 5.09. The van der Waals surface area contributed by atoms with Gasteiger partial charge in [0.05, 0.1) is 21.2 Å². The van der Waals surface area contributed by atoms with E-state index in [4.69, 9.17) is 9.11 Å². The first-order valence-electron chi connectivity index (χ1n) is 8.31. The summed E-state index contributed by atoms with van der Waals surface area (Å²) in [5, 5.41) is 16.8. The van der Waals surface area contributed by atoms with Crippen LogP contribution < -0.4 is 0 Å². The molecule has 0 aliphatic heterocycles. The highest BCUT2D eigenvalue weighted by Gasteiger charge is 2.09. The zero-order valence-corrected chi connectivity index (χ0v) is 16.5. The van der Waals surface area contributed by atoms with E-state index in [1.54, 1.807) is 24.3 Å². The normalized spacial score (nSPS) is 14.8. The first-order valence-corrected chi connectivity index (χ1v) is 10.5. The molecule has 0 saturated heterocycles. The van der Waals surface area contributed by atoms with Gasteiger partial charge in [-0.15, -0.1) is 0 Å². The summed E-state index contributed by atoms with van der Waals surface area (Å²) in [7, 11) is 0. The Morgan fingerprint density at radius 3 is 1.41 bits per heavy atom. The van der Waals surface area contributed by atoms with Crippen LogP contribution in [0.15, 0.2) is 109 Å². The SMILES string of the molecule is O=S(O)c1ccc(N=NC(N=Nc2ccc(S(=O)O)cc2)c2ccccc2)cc1. The molecule has 0 aliphatic rings. The fourth-order valence-electron chi connectivity index (χ4n) is 2.28. The molecule has 0 spiro atoms. The lowest BCUT2D eigenvalue weighted by Gasteiger charge is -2.05. The molecule has 8 nitrogen and oxygen atoms in total. The van der Waals surface area contributed by atoms with Gasteiger partial charge in [-0.3, -0.25) is 0 Å². The van der Waals surface area contributed by atoms with Gasteiger partial charge >= 0.3 is 0 Å². The van der Waals surface area contributed by atoms with Gasteiger partial charge in [0.1, 0.15) is 0 Å². The average Bonchev–Trinajstić information content (AvgIpc) is 2.75. The predicted octanol–water partition coefficient (Wildman–Crippen LogP) is 5.41. The molecule has 2 atom stereocenters. The van der Waals surface area contributed by atoms with Crippen LogP contribution in [0.3, 0.4) is 0 Å². The summed E-state index contributed by atoms with van der Waals surface area (Å²) in [6.07, 6.45) is -0.700. The summed E-state index contributed by atoms with van der Waals surface area (Å²) >= 11 is -4.10. The predicted molar refractivity (Wildman–Crippen MR) is 109 cm³/mol. The third-order valence-electron chi connectivity index (χ3n) is 3.74. The number of rotatable bonds is 7. The van der Waals surface area contributed by atoms with Crippen LogP contribution in [0.5, 0.6) is 0 Å². The minimum Gasteiger partial charge on any atom is -0.302 e. The van der Waals surface area contributed by atoms with Crippen molar-refractivity contribution in [3.8, 4) is 0 Å².